The highest BCUT2D eigenvalue weighted by Gasteiger charge is 2.19. The Bertz CT molecular complexity index is 4080. The number of hydrogen-bond acceptors (Lipinski definition) is 1. The van der Waals surface area contributed by atoms with Gasteiger partial charge in [0.25, 0.3) is 0 Å². The Kier molecular flexibility index (Phi) is 6.62. The minimum Gasteiger partial charge on any atom is -0.455 e. The van der Waals surface area contributed by atoms with Crippen molar-refractivity contribution in [2.45, 2.75) is 0 Å². The molecule has 0 saturated carbocycles. The second kappa shape index (κ2) is 12.3. The van der Waals surface area contributed by atoms with Gasteiger partial charge in [0.05, 0.1) is 0 Å². The third kappa shape index (κ3) is 4.72. The molecule has 0 radical (unpaired) electrons. The number of fused-ring (bicyclic) bond motifs is 5. The maximum absolute atomic E-state index is 6.85. The third-order valence-corrected chi connectivity index (χ3v) is 13.5. The summed E-state index contributed by atoms with van der Waals surface area (Å²) in [4.78, 5) is 0. The van der Waals surface area contributed by atoms with E-state index in [0.29, 0.717) is 0 Å². The highest BCUT2D eigenvalue weighted by Crippen LogP contribution is 2.45. The fourth-order valence-corrected chi connectivity index (χ4v) is 10.7. The topological polar surface area (TPSA) is 13.1 Å². The molecule has 0 bridgehead atoms. The Morgan fingerprint density at radius 1 is 0.230 bits per heavy atom. The van der Waals surface area contributed by atoms with Crippen LogP contribution in [0.25, 0.3) is 142 Å². The summed E-state index contributed by atoms with van der Waals surface area (Å²) in [6, 6.07) is 76.4. The second-order valence-corrected chi connectivity index (χ2v) is 16.8. The van der Waals surface area contributed by atoms with E-state index in [1.807, 2.05) is 0 Å². The van der Waals surface area contributed by atoms with Crippen molar-refractivity contribution < 1.29 is 4.42 Å². The third-order valence-electron chi connectivity index (χ3n) is 13.5. The van der Waals surface area contributed by atoms with E-state index in [9.17, 15) is 0 Å². The van der Waals surface area contributed by atoms with Crippen LogP contribution in [-0.4, -0.2) is 0 Å². The molecule has 61 heavy (non-hydrogen) atoms. The van der Waals surface area contributed by atoms with E-state index in [1.54, 1.807) is 0 Å². The summed E-state index contributed by atoms with van der Waals surface area (Å²) >= 11 is 0. The molecule has 14 aromatic rings. The van der Waals surface area contributed by atoms with Crippen molar-refractivity contribution in [3.8, 4) is 44.5 Å². The van der Waals surface area contributed by atoms with Crippen LogP contribution in [0.3, 0.4) is 0 Å². The van der Waals surface area contributed by atoms with Crippen molar-refractivity contribution in [2.75, 3.05) is 0 Å². The number of hydrogen-bond donors (Lipinski definition) is 0. The summed E-state index contributed by atoms with van der Waals surface area (Å²) < 4.78 is 6.85. The predicted octanol–water partition coefficient (Wildman–Crippen LogP) is 17.2. The lowest BCUT2D eigenvalue weighted by molar-refractivity contribution is 0.673. The first-order valence-electron chi connectivity index (χ1n) is 21.1. The van der Waals surface area contributed by atoms with Crippen LogP contribution in [0, 0.1) is 0 Å². The van der Waals surface area contributed by atoms with Crippen molar-refractivity contribution in [3.63, 3.8) is 0 Å². The van der Waals surface area contributed by atoms with Gasteiger partial charge in [-0.05, 0) is 145 Å². The van der Waals surface area contributed by atoms with E-state index in [0.717, 1.165) is 38.3 Å². The Morgan fingerprint density at radius 2 is 0.689 bits per heavy atom. The van der Waals surface area contributed by atoms with Crippen LogP contribution < -0.4 is 0 Å². The van der Waals surface area contributed by atoms with Gasteiger partial charge in [-0.2, -0.15) is 0 Å². The molecule has 0 spiro atoms. The van der Waals surface area contributed by atoms with Crippen LogP contribution in [-0.2, 0) is 0 Å². The van der Waals surface area contributed by atoms with Gasteiger partial charge in [0.1, 0.15) is 11.2 Å². The summed E-state index contributed by atoms with van der Waals surface area (Å²) in [5.41, 5.74) is 11.4. The largest absolute Gasteiger partial charge is 0.455 e. The molecule has 1 nitrogen and oxygen atoms in total. The van der Waals surface area contributed by atoms with Crippen LogP contribution in [0.5, 0.6) is 0 Å². The van der Waals surface area contributed by atoms with Gasteiger partial charge in [0.15, 0.2) is 0 Å². The summed E-state index contributed by atoms with van der Waals surface area (Å²) in [5, 5.41) is 20.2. The van der Waals surface area contributed by atoms with Gasteiger partial charge < -0.3 is 4.42 Å². The molecule has 14 rings (SSSR count). The van der Waals surface area contributed by atoms with Gasteiger partial charge in [0.2, 0.25) is 0 Å². The minimum atomic E-state index is 0.899. The summed E-state index contributed by atoms with van der Waals surface area (Å²) in [6.07, 6.45) is 0. The maximum Gasteiger partial charge on any atom is 0.143 e. The number of rotatable bonds is 4. The summed E-state index contributed by atoms with van der Waals surface area (Å²) in [6.45, 7) is 0. The zero-order valence-electron chi connectivity index (χ0n) is 33.0. The molecular weight excluding hydrogens is 737 g/mol. The lowest BCUT2D eigenvalue weighted by Gasteiger charge is -2.15. The predicted molar refractivity (Wildman–Crippen MR) is 260 cm³/mol. The van der Waals surface area contributed by atoms with E-state index in [2.05, 4.69) is 206 Å². The molecule has 0 aliphatic heterocycles. The van der Waals surface area contributed by atoms with Crippen LogP contribution in [0.15, 0.2) is 211 Å². The first-order valence-corrected chi connectivity index (χ1v) is 21.1. The lowest BCUT2D eigenvalue weighted by atomic mass is 9.88. The van der Waals surface area contributed by atoms with Gasteiger partial charge in [-0.1, -0.05) is 176 Å². The summed E-state index contributed by atoms with van der Waals surface area (Å²) in [5.74, 6) is 0. The van der Waals surface area contributed by atoms with E-state index in [-0.39, 0.29) is 0 Å². The molecule has 13 aromatic carbocycles. The minimum absolute atomic E-state index is 0.899. The molecule has 0 atom stereocenters. The monoisotopic (exact) mass is 770 g/mol. The van der Waals surface area contributed by atoms with E-state index >= 15 is 0 Å². The van der Waals surface area contributed by atoms with Gasteiger partial charge in [-0.3, -0.25) is 0 Å². The zero-order valence-corrected chi connectivity index (χ0v) is 33.0. The van der Waals surface area contributed by atoms with Crippen molar-refractivity contribution in [2.24, 2.45) is 0 Å². The van der Waals surface area contributed by atoms with E-state index < -0.39 is 0 Å². The Morgan fingerprint density at radius 3 is 1.31 bits per heavy atom. The maximum atomic E-state index is 6.85. The first-order chi connectivity index (χ1) is 30.2. The Hall–Kier alpha value is -8.00. The molecule has 1 heterocycles. The standard InChI is InChI=1S/C60H34O/c1-2-16-54-51(15-1)59-52(45-14-6-13-44(32-45)48-28-24-40-20-18-36-8-4-10-38-26-30-50(48)58(40)56(36)38)34-46-22-21-42(33-53(46)60(59)61-54)41-11-5-12-43(31-41)47-27-23-39-19-17-35-7-3-9-37-25-29-49(47)57(39)55(35)37/h1-34H. The van der Waals surface area contributed by atoms with Crippen LogP contribution in [0.4, 0.5) is 0 Å². The molecule has 0 fully saturated rings. The highest BCUT2D eigenvalue weighted by atomic mass is 16.3. The molecule has 0 saturated heterocycles. The van der Waals surface area contributed by atoms with E-state index in [1.165, 1.54) is 104 Å². The van der Waals surface area contributed by atoms with E-state index in [4.69, 9.17) is 4.42 Å². The smallest absolute Gasteiger partial charge is 0.143 e. The van der Waals surface area contributed by atoms with Gasteiger partial charge >= 0.3 is 0 Å². The average molecular weight is 771 g/mol. The van der Waals surface area contributed by atoms with Crippen LogP contribution >= 0.6 is 0 Å². The normalized spacial score (nSPS) is 12.3. The molecule has 1 heteroatoms. The van der Waals surface area contributed by atoms with Gasteiger partial charge in [0, 0.05) is 16.2 Å². The highest BCUT2D eigenvalue weighted by molar-refractivity contribution is 6.27. The Labute approximate surface area is 351 Å². The molecule has 0 unspecified atom stereocenters. The molecule has 280 valence electrons. The van der Waals surface area contributed by atoms with Crippen molar-refractivity contribution in [1.82, 2.24) is 0 Å². The van der Waals surface area contributed by atoms with Crippen LogP contribution in [0.2, 0.25) is 0 Å². The van der Waals surface area contributed by atoms with Gasteiger partial charge in [-0.15, -0.1) is 0 Å². The van der Waals surface area contributed by atoms with Gasteiger partial charge in [-0.25, -0.2) is 0 Å². The second-order valence-electron chi connectivity index (χ2n) is 16.8. The molecule has 1 aromatic heterocycles. The van der Waals surface area contributed by atoms with Crippen molar-refractivity contribution in [3.05, 3.63) is 206 Å². The number of para-hydroxylation sites is 1. The lowest BCUT2D eigenvalue weighted by Crippen LogP contribution is -1.89. The SMILES string of the molecule is c1cc(-c2ccc3cc(-c4cccc(-c5ccc6ccc7cccc8ccc5c6c78)c4)c4c5ccccc5oc4c3c2)cc(-c2ccc3ccc4cccc5ccc2c3c45)c1. The number of benzene rings is 13. The quantitative estimate of drug-likeness (QED) is 0.162. The molecule has 0 N–H and O–H groups in total. The van der Waals surface area contributed by atoms with Crippen molar-refractivity contribution >= 4 is 97.3 Å². The van der Waals surface area contributed by atoms with Crippen LogP contribution in [0.1, 0.15) is 0 Å². The fraction of sp³-hybridized carbons (Fsp3) is 0. The first kappa shape index (κ1) is 32.9. The average Bonchev–Trinajstić information content (AvgIpc) is 3.72. The van der Waals surface area contributed by atoms with Crippen molar-refractivity contribution in [1.29, 1.82) is 0 Å². The zero-order chi connectivity index (χ0) is 39.8. The Balaban J connectivity index is 0.926. The summed E-state index contributed by atoms with van der Waals surface area (Å²) in [7, 11) is 0. The molecule has 0 aliphatic rings. The molecular formula is C60H34O. The fourth-order valence-electron chi connectivity index (χ4n) is 10.7. The molecule has 0 aliphatic carbocycles. The number of furan rings is 1. The molecule has 0 amide bonds.